The summed E-state index contributed by atoms with van der Waals surface area (Å²) in [7, 11) is -2.16. The number of halogens is 1. The normalized spacial score (nSPS) is 28.5. The average Bonchev–Trinajstić information content (AvgIpc) is 3.39. The molecule has 6 atom stereocenters. The number of esters is 1. The fourth-order valence-corrected chi connectivity index (χ4v) is 5.60. The molecule has 4 rings (SSSR count). The van der Waals surface area contributed by atoms with Crippen LogP contribution in [0.3, 0.4) is 0 Å². The van der Waals surface area contributed by atoms with Crippen LogP contribution in [0.25, 0.3) is 11.2 Å². The molecule has 1 saturated carbocycles. The van der Waals surface area contributed by atoms with Gasteiger partial charge >= 0.3 is 5.97 Å². The quantitative estimate of drug-likeness (QED) is 0.307. The van der Waals surface area contributed by atoms with Gasteiger partial charge in [-0.15, -0.1) is 5.10 Å². The van der Waals surface area contributed by atoms with Crippen molar-refractivity contribution >= 4 is 41.9 Å². The first-order chi connectivity index (χ1) is 16.0. The molecule has 2 unspecified atom stereocenters. The number of ether oxygens (including phenoxy) is 4. The summed E-state index contributed by atoms with van der Waals surface area (Å²) in [6, 6.07) is -0.340. The highest BCUT2D eigenvalue weighted by atomic mass is 35.5. The molecule has 0 bridgehead atoms. The maximum absolute atomic E-state index is 12.8. The summed E-state index contributed by atoms with van der Waals surface area (Å²) < 4.78 is 42.7. The van der Waals surface area contributed by atoms with E-state index in [2.05, 4.69) is 20.3 Å². The van der Waals surface area contributed by atoms with Gasteiger partial charge in [0.2, 0.25) is 18.5 Å². The third-order valence-corrected chi connectivity index (χ3v) is 8.04. The van der Waals surface area contributed by atoms with Gasteiger partial charge in [0.15, 0.2) is 22.8 Å². The highest BCUT2D eigenvalue weighted by Gasteiger charge is 2.56. The van der Waals surface area contributed by atoms with E-state index in [1.807, 2.05) is 13.8 Å². The second kappa shape index (κ2) is 9.29. The van der Waals surface area contributed by atoms with Crippen molar-refractivity contribution in [2.75, 3.05) is 32.7 Å². The molecule has 1 saturated heterocycles. The SMILES string of the molecule is CCOC(=O)C(OC[C@H]1C[C@@H](n2nnc3c(N)nc(Cl)nc32)[C@@H]2OC(C)(C)O[C@H]12)P(C)(=O)OC. The fraction of sp³-hybridized carbons (Fsp3) is 0.737. The zero-order chi connectivity index (χ0) is 24.8. The number of hydrogen-bond donors (Lipinski definition) is 1. The topological polar surface area (TPSA) is 163 Å². The molecule has 13 nitrogen and oxygen atoms in total. The van der Waals surface area contributed by atoms with Crippen molar-refractivity contribution in [1.82, 2.24) is 25.0 Å². The van der Waals surface area contributed by atoms with E-state index in [0.29, 0.717) is 17.6 Å². The van der Waals surface area contributed by atoms with Gasteiger partial charge in [0, 0.05) is 19.7 Å². The van der Waals surface area contributed by atoms with E-state index < -0.39 is 37.2 Å². The first kappa shape index (κ1) is 25.2. The Labute approximate surface area is 201 Å². The van der Waals surface area contributed by atoms with Crippen molar-refractivity contribution < 1.29 is 32.8 Å². The van der Waals surface area contributed by atoms with Gasteiger partial charge in [0.05, 0.1) is 25.4 Å². The molecular formula is C19H28ClN6O7P. The number of aromatic nitrogens is 5. The summed E-state index contributed by atoms with van der Waals surface area (Å²) in [5.41, 5.74) is 6.62. The van der Waals surface area contributed by atoms with Crippen molar-refractivity contribution in [3.63, 3.8) is 0 Å². The predicted octanol–water partition coefficient (Wildman–Crippen LogP) is 2.00. The smallest absolute Gasteiger partial charge is 0.345 e. The van der Waals surface area contributed by atoms with Gasteiger partial charge in [0.1, 0.15) is 6.10 Å². The summed E-state index contributed by atoms with van der Waals surface area (Å²) in [4.78, 5) is 20.6. The van der Waals surface area contributed by atoms with E-state index >= 15 is 0 Å². The molecule has 0 aromatic carbocycles. The highest BCUT2D eigenvalue weighted by Crippen LogP contribution is 2.51. The Hall–Kier alpha value is -1.89. The van der Waals surface area contributed by atoms with Crippen LogP contribution in [0, 0.1) is 5.92 Å². The van der Waals surface area contributed by atoms with E-state index in [4.69, 9.17) is 40.8 Å². The Morgan fingerprint density at radius 2 is 2.06 bits per heavy atom. The van der Waals surface area contributed by atoms with Gasteiger partial charge < -0.3 is 29.2 Å². The van der Waals surface area contributed by atoms with Crippen LogP contribution in [-0.4, -0.2) is 81.8 Å². The highest BCUT2D eigenvalue weighted by molar-refractivity contribution is 7.59. The van der Waals surface area contributed by atoms with Crippen LogP contribution in [-0.2, 0) is 32.8 Å². The molecular weight excluding hydrogens is 491 g/mol. The standard InChI is InChI=1S/C19H28ClN6O7P/c1-6-30-16(27)17(34(5,28)29-4)31-8-9-7-10(13-12(9)32-19(2,3)33-13)26-15-11(24-25-26)14(21)22-18(20)23-15/h9-10,12-13,17H,6-8H2,1-5H3,(H2,21,22,23)/t9-,10-,12-,13+,17?,34?/m1/s1. The van der Waals surface area contributed by atoms with Crippen molar-refractivity contribution in [3.8, 4) is 0 Å². The lowest BCUT2D eigenvalue weighted by atomic mass is 10.1. The number of hydrogen-bond acceptors (Lipinski definition) is 12. The molecule has 2 fully saturated rings. The number of anilines is 1. The zero-order valence-electron chi connectivity index (χ0n) is 19.5. The minimum Gasteiger partial charge on any atom is -0.464 e. The van der Waals surface area contributed by atoms with Crippen molar-refractivity contribution in [2.45, 2.75) is 57.1 Å². The molecule has 0 radical (unpaired) electrons. The van der Waals surface area contributed by atoms with Crippen molar-refractivity contribution in [1.29, 1.82) is 0 Å². The lowest BCUT2D eigenvalue weighted by Crippen LogP contribution is -2.33. The van der Waals surface area contributed by atoms with Crippen LogP contribution >= 0.6 is 19.0 Å². The first-order valence-electron chi connectivity index (χ1n) is 10.8. The van der Waals surface area contributed by atoms with E-state index in [-0.39, 0.29) is 36.3 Å². The molecule has 2 aromatic rings. The van der Waals surface area contributed by atoms with Crippen LogP contribution < -0.4 is 5.73 Å². The van der Waals surface area contributed by atoms with Crippen LogP contribution in [0.4, 0.5) is 5.82 Å². The lowest BCUT2D eigenvalue weighted by Gasteiger charge is -2.26. The van der Waals surface area contributed by atoms with Crippen molar-refractivity contribution in [3.05, 3.63) is 5.28 Å². The molecule has 34 heavy (non-hydrogen) atoms. The summed E-state index contributed by atoms with van der Waals surface area (Å²) in [6.07, 6.45) is -0.321. The minimum absolute atomic E-state index is 0.0255. The largest absolute Gasteiger partial charge is 0.464 e. The molecule has 2 N–H and O–H groups in total. The third kappa shape index (κ3) is 4.65. The summed E-state index contributed by atoms with van der Waals surface area (Å²) >= 11 is 6.01. The second-order valence-electron chi connectivity index (χ2n) is 8.74. The van der Waals surface area contributed by atoms with Gasteiger partial charge in [-0.25, -0.2) is 9.48 Å². The fourth-order valence-electron chi connectivity index (χ4n) is 4.43. The minimum atomic E-state index is -3.43. The van der Waals surface area contributed by atoms with Crippen molar-refractivity contribution in [2.24, 2.45) is 5.92 Å². The van der Waals surface area contributed by atoms with Crippen LogP contribution in [0.15, 0.2) is 0 Å². The Morgan fingerprint density at radius 1 is 1.35 bits per heavy atom. The molecule has 15 heteroatoms. The number of nitrogen functional groups attached to an aromatic ring is 1. The number of carbonyl (C=O) groups excluding carboxylic acids is 1. The van der Waals surface area contributed by atoms with Gasteiger partial charge in [-0.2, -0.15) is 9.97 Å². The van der Waals surface area contributed by atoms with E-state index in [1.165, 1.54) is 13.8 Å². The molecule has 1 aliphatic heterocycles. The predicted molar refractivity (Wildman–Crippen MR) is 120 cm³/mol. The number of fused-ring (bicyclic) bond motifs is 2. The molecule has 2 aromatic heterocycles. The maximum atomic E-state index is 12.8. The number of nitrogens with zero attached hydrogens (tertiary/aromatic N) is 5. The molecule has 188 valence electrons. The zero-order valence-corrected chi connectivity index (χ0v) is 21.2. The number of rotatable bonds is 8. The second-order valence-corrected chi connectivity index (χ2v) is 11.7. The van der Waals surface area contributed by atoms with Crippen LogP contribution in [0.1, 0.15) is 33.2 Å². The molecule has 1 aliphatic carbocycles. The summed E-state index contributed by atoms with van der Waals surface area (Å²) in [5.74, 6) is -3.07. The first-order valence-corrected chi connectivity index (χ1v) is 13.3. The lowest BCUT2D eigenvalue weighted by molar-refractivity contribution is -0.166. The van der Waals surface area contributed by atoms with Gasteiger partial charge in [-0.05, 0) is 38.8 Å². The van der Waals surface area contributed by atoms with Crippen LogP contribution in [0.5, 0.6) is 0 Å². The Bertz CT molecular complexity index is 1130. The van der Waals surface area contributed by atoms with Gasteiger partial charge in [-0.1, -0.05) is 5.21 Å². The Morgan fingerprint density at radius 3 is 2.74 bits per heavy atom. The molecule has 0 spiro atoms. The Kier molecular flexibility index (Phi) is 6.89. The van der Waals surface area contributed by atoms with Gasteiger partial charge in [-0.3, -0.25) is 4.57 Å². The molecule has 3 heterocycles. The molecule has 2 aliphatic rings. The van der Waals surface area contributed by atoms with E-state index in [1.54, 1.807) is 11.6 Å². The monoisotopic (exact) mass is 518 g/mol. The number of carbonyl (C=O) groups is 1. The van der Waals surface area contributed by atoms with Crippen LogP contribution in [0.2, 0.25) is 5.28 Å². The average molecular weight is 519 g/mol. The maximum Gasteiger partial charge on any atom is 0.345 e. The summed E-state index contributed by atoms with van der Waals surface area (Å²) in [6.45, 7) is 6.78. The number of nitrogens with two attached hydrogens (primary N) is 1. The Balaban J connectivity index is 1.61. The third-order valence-electron chi connectivity index (χ3n) is 5.93. The molecule has 0 amide bonds. The summed E-state index contributed by atoms with van der Waals surface area (Å²) in [5, 5.41) is 8.31. The van der Waals surface area contributed by atoms with Gasteiger partial charge in [0.25, 0.3) is 0 Å². The van der Waals surface area contributed by atoms with E-state index in [9.17, 15) is 9.36 Å². The van der Waals surface area contributed by atoms with E-state index in [0.717, 1.165) is 0 Å².